The standard InChI is InChI=1S/C37H23Br2N/c38-24-20-25(39)22-28(21-24)40(26-10-2-1-3-11-26)27-18-19-32-31-14-6-9-17-35(31)37(36(32)23-27)33-15-7-4-12-29(33)30-13-5-8-16-34(30)37/h1-23H. The Kier molecular flexibility index (Phi) is 5.42. The first kappa shape index (κ1) is 23.9. The number of halogens is 2. The molecule has 2 aliphatic rings. The number of hydrogen-bond acceptors (Lipinski definition) is 1. The van der Waals surface area contributed by atoms with E-state index >= 15 is 0 Å². The Morgan fingerprint density at radius 2 is 0.850 bits per heavy atom. The van der Waals surface area contributed by atoms with Crippen LogP contribution in [0.25, 0.3) is 22.3 Å². The fourth-order valence-corrected chi connectivity index (χ4v) is 8.18. The van der Waals surface area contributed by atoms with E-state index in [-0.39, 0.29) is 5.41 Å². The van der Waals surface area contributed by atoms with Crippen molar-refractivity contribution < 1.29 is 0 Å². The van der Waals surface area contributed by atoms with Crippen LogP contribution >= 0.6 is 31.9 Å². The highest BCUT2D eigenvalue weighted by atomic mass is 79.9. The number of hydrogen-bond donors (Lipinski definition) is 0. The number of para-hydroxylation sites is 1. The lowest BCUT2D eigenvalue weighted by Gasteiger charge is -2.32. The molecular weight excluding hydrogens is 618 g/mol. The van der Waals surface area contributed by atoms with Gasteiger partial charge in [-0.3, -0.25) is 0 Å². The summed E-state index contributed by atoms with van der Waals surface area (Å²) in [5.74, 6) is 0. The van der Waals surface area contributed by atoms with Crippen LogP contribution in [0.2, 0.25) is 0 Å². The molecule has 3 heteroatoms. The Labute approximate surface area is 251 Å². The number of rotatable bonds is 3. The van der Waals surface area contributed by atoms with E-state index in [1.807, 2.05) is 0 Å². The van der Waals surface area contributed by atoms with Gasteiger partial charge in [-0.05, 0) is 87.0 Å². The molecule has 0 aliphatic heterocycles. The van der Waals surface area contributed by atoms with Gasteiger partial charge in [0.2, 0.25) is 0 Å². The van der Waals surface area contributed by atoms with Crippen molar-refractivity contribution in [3.05, 3.63) is 171 Å². The van der Waals surface area contributed by atoms with Crippen molar-refractivity contribution >= 4 is 48.9 Å². The molecular formula is C37H23Br2N. The molecule has 40 heavy (non-hydrogen) atoms. The van der Waals surface area contributed by atoms with Gasteiger partial charge >= 0.3 is 0 Å². The Bertz CT molecular complexity index is 1860. The van der Waals surface area contributed by atoms with Gasteiger partial charge in [0.05, 0.1) is 5.41 Å². The average Bonchev–Trinajstić information content (AvgIpc) is 3.45. The Hall–Kier alpha value is -3.92. The van der Waals surface area contributed by atoms with Gasteiger partial charge in [0, 0.05) is 26.0 Å². The lowest BCUT2D eigenvalue weighted by atomic mass is 9.70. The van der Waals surface area contributed by atoms with Crippen LogP contribution in [-0.2, 0) is 5.41 Å². The summed E-state index contributed by atoms with van der Waals surface area (Å²) in [6, 6.07) is 50.9. The molecule has 2 aliphatic carbocycles. The summed E-state index contributed by atoms with van der Waals surface area (Å²) < 4.78 is 2.06. The number of nitrogens with zero attached hydrogens (tertiary/aromatic N) is 1. The van der Waals surface area contributed by atoms with E-state index < -0.39 is 0 Å². The molecule has 0 unspecified atom stereocenters. The molecule has 0 bridgehead atoms. The minimum Gasteiger partial charge on any atom is -0.310 e. The van der Waals surface area contributed by atoms with Gasteiger partial charge in [0.25, 0.3) is 0 Å². The molecule has 6 aromatic carbocycles. The highest BCUT2D eigenvalue weighted by molar-refractivity contribution is 9.11. The monoisotopic (exact) mass is 639 g/mol. The van der Waals surface area contributed by atoms with E-state index in [4.69, 9.17) is 0 Å². The molecule has 0 atom stereocenters. The average molecular weight is 641 g/mol. The van der Waals surface area contributed by atoms with E-state index in [1.54, 1.807) is 0 Å². The first-order chi connectivity index (χ1) is 19.7. The summed E-state index contributed by atoms with van der Waals surface area (Å²) in [4.78, 5) is 2.35. The first-order valence-corrected chi connectivity index (χ1v) is 15.0. The Morgan fingerprint density at radius 1 is 0.375 bits per heavy atom. The summed E-state index contributed by atoms with van der Waals surface area (Å²) in [6.07, 6.45) is 0. The zero-order chi connectivity index (χ0) is 26.8. The third kappa shape index (κ3) is 3.31. The van der Waals surface area contributed by atoms with Crippen LogP contribution in [0.1, 0.15) is 22.3 Å². The van der Waals surface area contributed by atoms with Crippen molar-refractivity contribution in [1.29, 1.82) is 0 Å². The lowest BCUT2D eigenvalue weighted by molar-refractivity contribution is 0.793. The molecule has 0 fully saturated rings. The summed E-state index contributed by atoms with van der Waals surface area (Å²) in [6.45, 7) is 0. The maximum atomic E-state index is 3.72. The summed E-state index contributed by atoms with van der Waals surface area (Å²) in [5.41, 5.74) is 13.6. The van der Waals surface area contributed by atoms with Crippen LogP contribution in [-0.4, -0.2) is 0 Å². The first-order valence-electron chi connectivity index (χ1n) is 13.4. The normalized spacial score (nSPS) is 13.4. The number of anilines is 3. The van der Waals surface area contributed by atoms with Crippen LogP contribution in [0.4, 0.5) is 17.1 Å². The third-order valence-electron chi connectivity index (χ3n) is 8.36. The minimum atomic E-state index is -0.366. The molecule has 8 rings (SSSR count). The van der Waals surface area contributed by atoms with E-state index in [0.717, 1.165) is 26.0 Å². The molecule has 1 nitrogen and oxygen atoms in total. The second kappa shape index (κ2) is 9.05. The fourth-order valence-electron chi connectivity index (χ4n) is 6.91. The third-order valence-corrected chi connectivity index (χ3v) is 9.27. The predicted octanol–water partition coefficient (Wildman–Crippen LogP) is 11.0. The van der Waals surface area contributed by atoms with Crippen molar-refractivity contribution in [1.82, 2.24) is 0 Å². The van der Waals surface area contributed by atoms with Crippen molar-refractivity contribution in [2.75, 3.05) is 4.90 Å². The molecule has 1 spiro atoms. The molecule has 0 heterocycles. The minimum absolute atomic E-state index is 0.366. The van der Waals surface area contributed by atoms with Crippen LogP contribution in [0.15, 0.2) is 148 Å². The van der Waals surface area contributed by atoms with Gasteiger partial charge in [-0.15, -0.1) is 0 Å². The maximum absolute atomic E-state index is 3.72. The number of benzene rings is 6. The molecule has 0 N–H and O–H groups in total. The van der Waals surface area contributed by atoms with Gasteiger partial charge < -0.3 is 4.90 Å². The quantitative estimate of drug-likeness (QED) is 0.186. The number of fused-ring (bicyclic) bond motifs is 10. The van der Waals surface area contributed by atoms with Crippen LogP contribution < -0.4 is 4.90 Å². The smallest absolute Gasteiger partial charge is 0.0726 e. The van der Waals surface area contributed by atoms with Crippen molar-refractivity contribution in [3.8, 4) is 22.3 Å². The Balaban J connectivity index is 1.45. The SMILES string of the molecule is Brc1cc(Br)cc(N(c2ccccc2)c2ccc3c(c2)C2(c4ccccc4-c4ccccc42)c2ccccc2-3)c1. The van der Waals surface area contributed by atoms with Gasteiger partial charge in [-0.2, -0.15) is 0 Å². The van der Waals surface area contributed by atoms with Crippen LogP contribution in [0.3, 0.4) is 0 Å². The maximum Gasteiger partial charge on any atom is 0.0726 e. The Morgan fingerprint density at radius 3 is 1.40 bits per heavy atom. The van der Waals surface area contributed by atoms with E-state index in [0.29, 0.717) is 0 Å². The highest BCUT2D eigenvalue weighted by Gasteiger charge is 2.51. The van der Waals surface area contributed by atoms with Gasteiger partial charge in [-0.1, -0.05) is 129 Å². The van der Waals surface area contributed by atoms with Gasteiger partial charge in [0.15, 0.2) is 0 Å². The molecule has 0 radical (unpaired) electrons. The molecule has 0 aromatic heterocycles. The summed E-state index contributed by atoms with van der Waals surface area (Å²) in [7, 11) is 0. The molecule has 0 saturated heterocycles. The lowest BCUT2D eigenvalue weighted by Crippen LogP contribution is -2.26. The fraction of sp³-hybridized carbons (Fsp3) is 0.0270. The zero-order valence-electron chi connectivity index (χ0n) is 21.5. The van der Waals surface area contributed by atoms with Gasteiger partial charge in [0.1, 0.15) is 0 Å². The summed E-state index contributed by atoms with van der Waals surface area (Å²) in [5, 5.41) is 0. The second-order valence-corrected chi connectivity index (χ2v) is 12.2. The van der Waals surface area contributed by atoms with E-state index in [2.05, 4.69) is 176 Å². The zero-order valence-corrected chi connectivity index (χ0v) is 24.7. The largest absolute Gasteiger partial charge is 0.310 e. The molecule has 0 saturated carbocycles. The molecule has 190 valence electrons. The van der Waals surface area contributed by atoms with Crippen LogP contribution in [0, 0.1) is 0 Å². The molecule has 0 amide bonds. The van der Waals surface area contributed by atoms with Gasteiger partial charge in [-0.25, -0.2) is 0 Å². The molecule has 6 aromatic rings. The van der Waals surface area contributed by atoms with Crippen LogP contribution in [0.5, 0.6) is 0 Å². The van der Waals surface area contributed by atoms with Crippen molar-refractivity contribution in [3.63, 3.8) is 0 Å². The van der Waals surface area contributed by atoms with E-state index in [1.165, 1.54) is 44.5 Å². The van der Waals surface area contributed by atoms with Crippen molar-refractivity contribution in [2.45, 2.75) is 5.41 Å². The summed E-state index contributed by atoms with van der Waals surface area (Å²) >= 11 is 7.45. The topological polar surface area (TPSA) is 3.24 Å². The van der Waals surface area contributed by atoms with Crippen molar-refractivity contribution in [2.24, 2.45) is 0 Å². The van der Waals surface area contributed by atoms with E-state index in [9.17, 15) is 0 Å². The highest BCUT2D eigenvalue weighted by Crippen LogP contribution is 2.63. The second-order valence-electron chi connectivity index (χ2n) is 10.4. The predicted molar refractivity (Wildman–Crippen MR) is 173 cm³/mol.